The van der Waals surface area contributed by atoms with Gasteiger partial charge in [-0.2, -0.15) is 5.10 Å². The van der Waals surface area contributed by atoms with Crippen LogP contribution in [0.3, 0.4) is 0 Å². The fourth-order valence-electron chi connectivity index (χ4n) is 1.52. The van der Waals surface area contributed by atoms with Gasteiger partial charge in [-0.3, -0.25) is 4.68 Å². The second-order valence-electron chi connectivity index (χ2n) is 4.57. The minimum absolute atomic E-state index is 0.600. The molecule has 0 aromatic carbocycles. The van der Waals surface area contributed by atoms with Crippen LogP contribution >= 0.6 is 12.2 Å². The fourth-order valence-corrected chi connectivity index (χ4v) is 1.67. The first kappa shape index (κ1) is 14.0. The lowest BCUT2D eigenvalue weighted by molar-refractivity contribution is 0.452. The van der Waals surface area contributed by atoms with E-state index in [0.29, 0.717) is 5.92 Å². The molecule has 0 aliphatic heterocycles. The van der Waals surface area contributed by atoms with Crippen LogP contribution in [-0.2, 0) is 13.1 Å². The number of hydrogen-bond acceptors (Lipinski definition) is 2. The molecule has 0 radical (unpaired) electrons. The average molecular weight is 254 g/mol. The Labute approximate surface area is 109 Å². The van der Waals surface area contributed by atoms with Gasteiger partial charge in [-0.05, 0) is 31.1 Å². The van der Waals surface area contributed by atoms with Crippen molar-refractivity contribution >= 4 is 17.3 Å². The first-order valence-corrected chi connectivity index (χ1v) is 6.45. The smallest absolute Gasteiger partial charge is 0.169 e. The molecule has 0 saturated carbocycles. The van der Waals surface area contributed by atoms with E-state index in [2.05, 4.69) is 31.2 Å². The Morgan fingerprint density at radius 3 is 2.88 bits per heavy atom. The Kier molecular flexibility index (Phi) is 5.41. The summed E-state index contributed by atoms with van der Waals surface area (Å²) in [7, 11) is 2.00. The molecule has 0 amide bonds. The summed E-state index contributed by atoms with van der Waals surface area (Å²) in [6.45, 7) is 9.02. The van der Waals surface area contributed by atoms with Crippen LogP contribution < -0.4 is 5.32 Å². The van der Waals surface area contributed by atoms with Crippen molar-refractivity contribution < 1.29 is 0 Å². The van der Waals surface area contributed by atoms with Gasteiger partial charge in [0, 0.05) is 26.3 Å². The maximum atomic E-state index is 5.33. The van der Waals surface area contributed by atoms with Gasteiger partial charge in [-0.1, -0.05) is 13.8 Å². The molecule has 5 heteroatoms. The molecule has 1 heterocycles. The molecule has 1 N–H and O–H groups in total. The summed E-state index contributed by atoms with van der Waals surface area (Å²) in [4.78, 5) is 2.04. The maximum absolute atomic E-state index is 5.33. The number of thiocarbonyl (C=S) groups is 1. The number of aromatic nitrogens is 2. The number of hydrogen-bond donors (Lipinski definition) is 1. The van der Waals surface area contributed by atoms with Crippen molar-refractivity contribution in [1.29, 1.82) is 0 Å². The lowest BCUT2D eigenvalue weighted by Crippen LogP contribution is -2.38. The van der Waals surface area contributed by atoms with E-state index >= 15 is 0 Å². The van der Waals surface area contributed by atoms with Gasteiger partial charge in [0.2, 0.25) is 0 Å². The molecule has 0 unspecified atom stereocenters. The topological polar surface area (TPSA) is 33.1 Å². The van der Waals surface area contributed by atoms with Crippen molar-refractivity contribution in [2.45, 2.75) is 33.9 Å². The molecule has 96 valence electrons. The summed E-state index contributed by atoms with van der Waals surface area (Å²) in [5.41, 5.74) is 1.18. The number of nitrogens with one attached hydrogen (secondary N) is 1. The third-order valence-electron chi connectivity index (χ3n) is 2.51. The van der Waals surface area contributed by atoms with Crippen LogP contribution in [-0.4, -0.2) is 33.4 Å². The van der Waals surface area contributed by atoms with Gasteiger partial charge >= 0.3 is 0 Å². The summed E-state index contributed by atoms with van der Waals surface area (Å²) in [6, 6.07) is 2.03. The Hall–Kier alpha value is -1.10. The Morgan fingerprint density at radius 1 is 1.59 bits per heavy atom. The molecule has 1 aromatic rings. The van der Waals surface area contributed by atoms with Crippen LogP contribution in [0.25, 0.3) is 0 Å². The van der Waals surface area contributed by atoms with Gasteiger partial charge in [0.05, 0.1) is 12.2 Å². The predicted molar refractivity (Wildman–Crippen MR) is 74.8 cm³/mol. The molecule has 4 nitrogen and oxygen atoms in total. The Morgan fingerprint density at radius 2 is 2.29 bits per heavy atom. The molecule has 1 rings (SSSR count). The van der Waals surface area contributed by atoms with Crippen LogP contribution in [0, 0.1) is 5.92 Å². The normalized spacial score (nSPS) is 10.6. The maximum Gasteiger partial charge on any atom is 0.169 e. The SMILES string of the molecule is CCn1nccc1CN(C)C(=S)NCC(C)C. The first-order chi connectivity index (χ1) is 8.04. The quantitative estimate of drug-likeness (QED) is 0.813. The van der Waals surface area contributed by atoms with E-state index in [0.717, 1.165) is 24.7 Å². The van der Waals surface area contributed by atoms with Gasteiger partial charge in [-0.15, -0.1) is 0 Å². The zero-order valence-electron chi connectivity index (χ0n) is 11.1. The van der Waals surface area contributed by atoms with Gasteiger partial charge in [0.15, 0.2) is 5.11 Å². The van der Waals surface area contributed by atoms with E-state index in [4.69, 9.17) is 12.2 Å². The largest absolute Gasteiger partial charge is 0.362 e. The van der Waals surface area contributed by atoms with E-state index in [1.54, 1.807) is 0 Å². The van der Waals surface area contributed by atoms with Crippen LogP contribution in [0.2, 0.25) is 0 Å². The Balaban J connectivity index is 2.48. The first-order valence-electron chi connectivity index (χ1n) is 6.04. The average Bonchev–Trinajstić information content (AvgIpc) is 2.72. The molecule has 0 bridgehead atoms. The highest BCUT2D eigenvalue weighted by molar-refractivity contribution is 7.80. The standard InChI is InChI=1S/C12H22N4S/c1-5-16-11(6-7-14-16)9-15(4)12(17)13-8-10(2)3/h6-7,10H,5,8-9H2,1-4H3,(H,13,17). The third kappa shape index (κ3) is 4.34. The van der Waals surface area contributed by atoms with E-state index in [9.17, 15) is 0 Å². The predicted octanol–water partition coefficient (Wildman–Crippen LogP) is 1.87. The van der Waals surface area contributed by atoms with Gasteiger partial charge < -0.3 is 10.2 Å². The number of aryl methyl sites for hydroxylation is 1. The van der Waals surface area contributed by atoms with Crippen molar-refractivity contribution in [2.75, 3.05) is 13.6 Å². The molecule has 0 saturated heterocycles. The summed E-state index contributed by atoms with van der Waals surface area (Å²) in [5, 5.41) is 8.30. The molecular formula is C12H22N4S. The highest BCUT2D eigenvalue weighted by Gasteiger charge is 2.08. The fraction of sp³-hybridized carbons (Fsp3) is 0.667. The highest BCUT2D eigenvalue weighted by atomic mass is 32.1. The van der Waals surface area contributed by atoms with Gasteiger partial charge in [0.25, 0.3) is 0 Å². The third-order valence-corrected chi connectivity index (χ3v) is 2.97. The second kappa shape index (κ2) is 6.59. The van der Waals surface area contributed by atoms with Crippen LogP contribution in [0.15, 0.2) is 12.3 Å². The van der Waals surface area contributed by atoms with Gasteiger partial charge in [0.1, 0.15) is 0 Å². The lowest BCUT2D eigenvalue weighted by Gasteiger charge is -2.22. The highest BCUT2D eigenvalue weighted by Crippen LogP contribution is 2.03. The molecule has 0 aliphatic rings. The van der Waals surface area contributed by atoms with Crippen molar-refractivity contribution in [3.05, 3.63) is 18.0 Å². The molecule has 0 fully saturated rings. The summed E-state index contributed by atoms with van der Waals surface area (Å²) in [6.07, 6.45) is 1.83. The number of rotatable bonds is 5. The number of nitrogens with zero attached hydrogens (tertiary/aromatic N) is 3. The van der Waals surface area contributed by atoms with Gasteiger partial charge in [-0.25, -0.2) is 0 Å². The van der Waals surface area contributed by atoms with E-state index < -0.39 is 0 Å². The molecule has 0 atom stereocenters. The van der Waals surface area contributed by atoms with Crippen molar-refractivity contribution in [3.63, 3.8) is 0 Å². The second-order valence-corrected chi connectivity index (χ2v) is 4.96. The zero-order valence-corrected chi connectivity index (χ0v) is 11.9. The minimum atomic E-state index is 0.600. The van der Waals surface area contributed by atoms with Crippen molar-refractivity contribution in [1.82, 2.24) is 20.0 Å². The van der Waals surface area contributed by atoms with Crippen LogP contribution in [0.4, 0.5) is 0 Å². The monoisotopic (exact) mass is 254 g/mol. The zero-order chi connectivity index (χ0) is 12.8. The summed E-state index contributed by atoms with van der Waals surface area (Å²) >= 11 is 5.33. The van der Waals surface area contributed by atoms with E-state index in [1.807, 2.05) is 28.9 Å². The lowest BCUT2D eigenvalue weighted by atomic mass is 10.2. The Bertz CT molecular complexity index is 359. The molecule has 0 spiro atoms. The summed E-state index contributed by atoms with van der Waals surface area (Å²) < 4.78 is 1.99. The minimum Gasteiger partial charge on any atom is -0.362 e. The van der Waals surface area contributed by atoms with Crippen LogP contribution in [0.1, 0.15) is 26.5 Å². The molecule has 1 aromatic heterocycles. The summed E-state index contributed by atoms with van der Waals surface area (Å²) in [5.74, 6) is 0.600. The molecule has 0 aliphatic carbocycles. The van der Waals surface area contributed by atoms with Crippen molar-refractivity contribution in [3.8, 4) is 0 Å². The van der Waals surface area contributed by atoms with Crippen LogP contribution in [0.5, 0.6) is 0 Å². The van der Waals surface area contributed by atoms with E-state index in [-0.39, 0.29) is 0 Å². The van der Waals surface area contributed by atoms with E-state index in [1.165, 1.54) is 5.69 Å². The molecular weight excluding hydrogens is 232 g/mol. The van der Waals surface area contributed by atoms with Crippen molar-refractivity contribution in [2.24, 2.45) is 5.92 Å². The molecule has 17 heavy (non-hydrogen) atoms.